The lowest BCUT2D eigenvalue weighted by molar-refractivity contribution is -0.161. The number of phosphoric acid groups is 1. The van der Waals surface area contributed by atoms with E-state index in [9.17, 15) is 19.0 Å². The maximum absolute atomic E-state index is 12.7. The van der Waals surface area contributed by atoms with Crippen LogP contribution in [0, 0.1) is 0 Å². The summed E-state index contributed by atoms with van der Waals surface area (Å²) in [6.45, 7) is 3.37. The highest BCUT2D eigenvalue weighted by Gasteiger charge is 2.26. The lowest BCUT2D eigenvalue weighted by atomic mass is 10.1. The van der Waals surface area contributed by atoms with E-state index >= 15 is 0 Å². The van der Waals surface area contributed by atoms with Gasteiger partial charge in [-0.05, 0) is 154 Å². The number of esters is 2. The summed E-state index contributed by atoms with van der Waals surface area (Å²) < 4.78 is 32.9. The number of allylic oxidation sites excluding steroid dienone is 36. The molecule has 0 radical (unpaired) electrons. The molecule has 0 aliphatic heterocycles. The second-order valence-corrected chi connectivity index (χ2v) is 20.2. The van der Waals surface area contributed by atoms with E-state index in [4.69, 9.17) is 24.3 Å². The molecule has 0 heterocycles. The van der Waals surface area contributed by atoms with Gasteiger partial charge in [0.2, 0.25) is 0 Å². The van der Waals surface area contributed by atoms with Gasteiger partial charge in [-0.1, -0.05) is 233 Å². The first-order valence-electron chi connectivity index (χ1n) is 30.2. The Labute approximate surface area is 492 Å². The number of unbranched alkanes of at least 4 members (excludes halogenated alkanes) is 4. The summed E-state index contributed by atoms with van der Waals surface area (Å²) in [5.74, 6) is -0.954. The molecule has 0 aromatic carbocycles. The van der Waals surface area contributed by atoms with Gasteiger partial charge in [-0.3, -0.25) is 18.6 Å². The van der Waals surface area contributed by atoms with Gasteiger partial charge in [-0.15, -0.1) is 0 Å². The van der Waals surface area contributed by atoms with Crippen LogP contribution in [0.25, 0.3) is 0 Å². The van der Waals surface area contributed by atoms with Crippen LogP contribution in [0.15, 0.2) is 219 Å². The van der Waals surface area contributed by atoms with E-state index in [1.807, 2.05) is 0 Å². The number of hydrogen-bond donors (Lipinski definition) is 2. The zero-order valence-corrected chi connectivity index (χ0v) is 50.8. The summed E-state index contributed by atoms with van der Waals surface area (Å²) in [6.07, 6.45) is 100.0. The summed E-state index contributed by atoms with van der Waals surface area (Å²) >= 11 is 0. The van der Waals surface area contributed by atoms with Gasteiger partial charge in [-0.25, -0.2) is 4.57 Å². The first-order chi connectivity index (χ1) is 39.8. The molecule has 0 spiro atoms. The lowest BCUT2D eigenvalue weighted by Gasteiger charge is -2.19. The fourth-order valence-corrected chi connectivity index (χ4v) is 7.74. The highest BCUT2D eigenvalue weighted by molar-refractivity contribution is 7.47. The maximum atomic E-state index is 12.7. The fourth-order valence-electron chi connectivity index (χ4n) is 6.97. The third kappa shape index (κ3) is 63.4. The first kappa shape index (κ1) is 75.3. The molecule has 2 atom stereocenters. The molecule has 0 saturated heterocycles. The van der Waals surface area contributed by atoms with Crippen molar-refractivity contribution in [2.45, 2.75) is 187 Å². The fraction of sp³-hybridized carbons (Fsp3) is 0.465. The van der Waals surface area contributed by atoms with Crippen molar-refractivity contribution < 1.29 is 37.6 Å². The monoisotopic (exact) mass is 1130 g/mol. The van der Waals surface area contributed by atoms with Gasteiger partial charge in [0.15, 0.2) is 6.10 Å². The minimum atomic E-state index is -4.43. The Balaban J connectivity index is 4.23. The van der Waals surface area contributed by atoms with Gasteiger partial charge in [-0.2, -0.15) is 0 Å². The molecule has 0 aromatic heterocycles. The van der Waals surface area contributed by atoms with E-state index in [2.05, 4.69) is 233 Å². The van der Waals surface area contributed by atoms with Crippen molar-refractivity contribution in [3.8, 4) is 0 Å². The van der Waals surface area contributed by atoms with Crippen LogP contribution in [0.2, 0.25) is 0 Å². The summed E-state index contributed by atoms with van der Waals surface area (Å²) in [7, 11) is -4.43. The van der Waals surface area contributed by atoms with Crippen LogP contribution in [0.4, 0.5) is 0 Å². The van der Waals surface area contributed by atoms with E-state index in [0.717, 1.165) is 141 Å². The molecule has 3 N–H and O–H groups in total. The standard InChI is InChI=1S/C71H106NO8P/c1-3-5-7-9-11-13-15-17-19-21-23-25-27-29-31-32-33-34-35-36-38-40-42-44-46-48-50-52-54-56-58-60-62-64-71(74)80-69(68-79-81(75,76)78-66-65-72)67-77-70(73)63-61-59-57-55-53-51-49-47-45-43-41-39-37-30-28-26-24-22-20-18-16-14-12-10-8-6-4-2/h5-8,11-14,17-20,23-26,29-31,33-34,36-38,41-44,47-50,53-56,69H,3-4,9-10,15-16,21-22,27-28,32,35,39-40,45-46,51-52,57-68,72H2,1-2H3,(H,75,76)/b7-5-,8-6-,13-11-,14-12-,19-17-,20-18-,25-23-,26-24-,31-29-,34-33-,37-30-,38-36-,43-41-,44-42-,49-47-,50-48-,55-53-,56-54-. The topological polar surface area (TPSA) is 134 Å². The molecule has 0 rings (SSSR count). The third-order valence-corrected chi connectivity index (χ3v) is 12.3. The highest BCUT2D eigenvalue weighted by atomic mass is 31.2. The quantitative estimate of drug-likeness (QED) is 0.0264. The zero-order chi connectivity index (χ0) is 58.7. The third-order valence-electron chi connectivity index (χ3n) is 11.4. The smallest absolute Gasteiger partial charge is 0.462 e. The SMILES string of the molecule is CC/C=C\C/C=C\C/C=C\C/C=C\C/C=C\C/C=C\C/C=C\C/C=C\C/C=C\C/C=C\CCCCC(=O)OC(COC(=O)CCCC/C=C\C/C=C\C/C=C\C/C=C\C/C=C\C/C=C\C/C=C\C/C=C\CC)COP(=O)(O)OCCN. The van der Waals surface area contributed by atoms with Crippen molar-refractivity contribution in [1.29, 1.82) is 0 Å². The molecule has 0 saturated carbocycles. The number of carbonyl (C=O) groups excluding carboxylic acids is 2. The van der Waals surface area contributed by atoms with Crippen molar-refractivity contribution in [2.24, 2.45) is 5.73 Å². The molecule has 0 aliphatic rings. The summed E-state index contributed by atoms with van der Waals surface area (Å²) in [5.41, 5.74) is 5.38. The van der Waals surface area contributed by atoms with Gasteiger partial charge >= 0.3 is 19.8 Å². The van der Waals surface area contributed by atoms with E-state index in [-0.39, 0.29) is 32.6 Å². The minimum absolute atomic E-state index is 0.0261. The van der Waals surface area contributed by atoms with Crippen LogP contribution >= 0.6 is 7.82 Å². The van der Waals surface area contributed by atoms with Crippen molar-refractivity contribution in [2.75, 3.05) is 26.4 Å². The second kappa shape index (κ2) is 63.5. The van der Waals surface area contributed by atoms with Crippen molar-refractivity contribution in [3.63, 3.8) is 0 Å². The Morgan fingerprint density at radius 2 is 0.630 bits per heavy atom. The van der Waals surface area contributed by atoms with Crippen LogP contribution < -0.4 is 5.73 Å². The van der Waals surface area contributed by atoms with Crippen LogP contribution in [0.1, 0.15) is 181 Å². The molecule has 0 aliphatic carbocycles. The molecule has 81 heavy (non-hydrogen) atoms. The molecule has 0 aromatic rings. The summed E-state index contributed by atoms with van der Waals surface area (Å²) in [6, 6.07) is 0. The van der Waals surface area contributed by atoms with E-state index in [0.29, 0.717) is 12.8 Å². The van der Waals surface area contributed by atoms with Crippen LogP contribution in [0.3, 0.4) is 0 Å². The molecule has 448 valence electrons. The summed E-state index contributed by atoms with van der Waals surface area (Å²) in [4.78, 5) is 35.2. The minimum Gasteiger partial charge on any atom is -0.462 e. The predicted molar refractivity (Wildman–Crippen MR) is 348 cm³/mol. The lowest BCUT2D eigenvalue weighted by Crippen LogP contribution is -2.29. The van der Waals surface area contributed by atoms with Gasteiger partial charge in [0.05, 0.1) is 13.2 Å². The molecule has 0 bridgehead atoms. The van der Waals surface area contributed by atoms with Crippen LogP contribution in [-0.4, -0.2) is 49.3 Å². The van der Waals surface area contributed by atoms with Crippen LogP contribution in [-0.2, 0) is 32.7 Å². The van der Waals surface area contributed by atoms with Gasteiger partial charge in [0.1, 0.15) is 6.61 Å². The molecule has 0 amide bonds. The second-order valence-electron chi connectivity index (χ2n) is 18.7. The number of ether oxygens (including phenoxy) is 2. The van der Waals surface area contributed by atoms with E-state index in [1.165, 1.54) is 0 Å². The normalized spacial score (nSPS) is 14.6. The Hall–Kier alpha value is -5.67. The molecule has 9 nitrogen and oxygen atoms in total. The largest absolute Gasteiger partial charge is 0.472 e. The number of rotatable bonds is 53. The Bertz CT molecular complexity index is 2120. The van der Waals surface area contributed by atoms with Crippen LogP contribution in [0.5, 0.6) is 0 Å². The zero-order valence-electron chi connectivity index (χ0n) is 49.9. The molecule has 2 unspecified atom stereocenters. The number of phosphoric ester groups is 1. The van der Waals surface area contributed by atoms with Crippen molar-refractivity contribution in [3.05, 3.63) is 219 Å². The average Bonchev–Trinajstić information content (AvgIpc) is 3.46. The molecule has 0 fully saturated rings. The first-order valence-corrected chi connectivity index (χ1v) is 31.7. The Kier molecular flexibility index (Phi) is 59.1. The van der Waals surface area contributed by atoms with Gasteiger partial charge in [0, 0.05) is 19.4 Å². The predicted octanol–water partition coefficient (Wildman–Crippen LogP) is 19.7. The molecular weight excluding hydrogens is 1030 g/mol. The van der Waals surface area contributed by atoms with Gasteiger partial charge in [0.25, 0.3) is 0 Å². The molecular formula is C71H106NO8P. The van der Waals surface area contributed by atoms with Crippen molar-refractivity contribution in [1.82, 2.24) is 0 Å². The Morgan fingerprint density at radius 1 is 0.370 bits per heavy atom. The Morgan fingerprint density at radius 3 is 0.901 bits per heavy atom. The highest BCUT2D eigenvalue weighted by Crippen LogP contribution is 2.43. The number of carbonyl (C=O) groups is 2. The van der Waals surface area contributed by atoms with E-state index < -0.39 is 32.5 Å². The molecule has 10 heteroatoms. The number of nitrogens with two attached hydrogens (primary N) is 1. The van der Waals surface area contributed by atoms with E-state index in [1.54, 1.807) is 0 Å². The van der Waals surface area contributed by atoms with Gasteiger partial charge < -0.3 is 20.1 Å². The van der Waals surface area contributed by atoms with Crippen molar-refractivity contribution >= 4 is 19.8 Å². The average molecular weight is 1130 g/mol. The maximum Gasteiger partial charge on any atom is 0.472 e. The number of hydrogen-bond acceptors (Lipinski definition) is 8. The summed E-state index contributed by atoms with van der Waals surface area (Å²) in [5, 5.41) is 0.